The maximum atomic E-state index is 11.5. The molecule has 16 heavy (non-hydrogen) atoms. The van der Waals surface area contributed by atoms with Gasteiger partial charge < -0.3 is 14.2 Å². The Balaban J connectivity index is 2.79. The highest BCUT2D eigenvalue weighted by Gasteiger charge is 2.52. The molecule has 1 heterocycles. The zero-order valence-corrected chi connectivity index (χ0v) is 10.6. The molecule has 0 spiro atoms. The monoisotopic (exact) mass is 228 g/mol. The van der Waals surface area contributed by atoms with Crippen LogP contribution in [0.1, 0.15) is 34.1 Å². The van der Waals surface area contributed by atoms with E-state index in [2.05, 4.69) is 6.58 Å². The van der Waals surface area contributed by atoms with Gasteiger partial charge in [0.1, 0.15) is 5.60 Å². The minimum absolute atomic E-state index is 0.208. The molecule has 0 amide bonds. The number of esters is 1. The van der Waals surface area contributed by atoms with Crippen molar-refractivity contribution in [3.05, 3.63) is 12.2 Å². The summed E-state index contributed by atoms with van der Waals surface area (Å²) in [6.45, 7) is 10.7. The summed E-state index contributed by atoms with van der Waals surface area (Å²) in [6, 6.07) is 0. The molecule has 0 radical (unpaired) electrons. The number of carbonyl (C=O) groups is 1. The van der Waals surface area contributed by atoms with E-state index < -0.39 is 17.4 Å². The molecule has 92 valence electrons. The Morgan fingerprint density at radius 2 is 2.06 bits per heavy atom. The highest BCUT2D eigenvalue weighted by atomic mass is 16.7. The minimum atomic E-state index is -0.691. The van der Waals surface area contributed by atoms with Gasteiger partial charge in [0.05, 0.1) is 6.10 Å². The zero-order chi connectivity index (χ0) is 12.6. The molecule has 4 nitrogen and oxygen atoms in total. The van der Waals surface area contributed by atoms with E-state index in [1.807, 2.05) is 20.8 Å². The Kier molecular flexibility index (Phi) is 3.45. The largest absolute Gasteiger partial charge is 0.453 e. The number of hydrogen-bond acceptors (Lipinski definition) is 4. The lowest BCUT2D eigenvalue weighted by Crippen LogP contribution is -2.38. The number of rotatable bonds is 3. The Labute approximate surface area is 96.6 Å². The molecule has 1 aliphatic heterocycles. The highest BCUT2D eigenvalue weighted by Crippen LogP contribution is 2.40. The third-order valence-corrected chi connectivity index (χ3v) is 3.06. The van der Waals surface area contributed by atoms with Gasteiger partial charge in [-0.1, -0.05) is 6.58 Å². The van der Waals surface area contributed by atoms with Gasteiger partial charge in [-0.25, -0.2) is 4.79 Å². The van der Waals surface area contributed by atoms with Gasteiger partial charge in [-0.15, -0.1) is 0 Å². The molecule has 1 saturated heterocycles. The molecule has 3 unspecified atom stereocenters. The molecule has 0 N–H and O–H groups in total. The van der Waals surface area contributed by atoms with E-state index in [0.717, 1.165) is 0 Å². The number of carbonyl (C=O) groups excluding carboxylic acids is 1. The quantitative estimate of drug-likeness (QED) is 0.547. The lowest BCUT2D eigenvalue weighted by molar-refractivity contribution is -0.197. The van der Waals surface area contributed by atoms with E-state index >= 15 is 0 Å². The lowest BCUT2D eigenvalue weighted by Gasteiger charge is -2.27. The Bertz CT molecular complexity index is 312. The van der Waals surface area contributed by atoms with Crippen molar-refractivity contribution in [1.82, 2.24) is 0 Å². The van der Waals surface area contributed by atoms with Gasteiger partial charge in [-0.2, -0.15) is 0 Å². The highest BCUT2D eigenvalue weighted by molar-refractivity contribution is 5.87. The summed E-state index contributed by atoms with van der Waals surface area (Å²) in [5.41, 5.74) is -0.278. The zero-order valence-electron chi connectivity index (χ0n) is 10.6. The molecule has 0 aromatic carbocycles. The first-order valence-electron chi connectivity index (χ1n) is 5.34. The topological polar surface area (TPSA) is 44.8 Å². The first kappa shape index (κ1) is 13.2. The van der Waals surface area contributed by atoms with E-state index in [1.165, 1.54) is 0 Å². The maximum absolute atomic E-state index is 11.5. The van der Waals surface area contributed by atoms with Gasteiger partial charge >= 0.3 is 5.97 Å². The van der Waals surface area contributed by atoms with E-state index in [0.29, 0.717) is 12.0 Å². The van der Waals surface area contributed by atoms with Gasteiger partial charge in [-0.05, 0) is 27.7 Å². The Morgan fingerprint density at radius 3 is 2.44 bits per heavy atom. The van der Waals surface area contributed by atoms with Gasteiger partial charge in [0, 0.05) is 19.1 Å². The van der Waals surface area contributed by atoms with E-state index in [1.54, 1.807) is 14.0 Å². The lowest BCUT2D eigenvalue weighted by atomic mass is 9.95. The fourth-order valence-electron chi connectivity index (χ4n) is 1.86. The Morgan fingerprint density at radius 1 is 1.50 bits per heavy atom. The second-order valence-corrected chi connectivity index (χ2v) is 4.76. The van der Waals surface area contributed by atoms with Gasteiger partial charge in [-0.3, -0.25) is 0 Å². The van der Waals surface area contributed by atoms with E-state index in [4.69, 9.17) is 14.2 Å². The van der Waals surface area contributed by atoms with Crippen LogP contribution in [0.15, 0.2) is 12.2 Å². The molecular formula is C12H20O4. The molecule has 0 saturated carbocycles. The summed E-state index contributed by atoms with van der Waals surface area (Å²) in [4.78, 5) is 11.5. The smallest absolute Gasteiger partial charge is 0.333 e. The summed E-state index contributed by atoms with van der Waals surface area (Å²) >= 11 is 0. The molecule has 1 aliphatic rings. The first-order chi connectivity index (χ1) is 7.22. The maximum Gasteiger partial charge on any atom is 0.333 e. The second-order valence-electron chi connectivity index (χ2n) is 4.76. The molecule has 4 heteroatoms. The molecule has 1 fully saturated rings. The third kappa shape index (κ3) is 2.44. The molecule has 1 rings (SSSR count). The van der Waals surface area contributed by atoms with Gasteiger partial charge in [0.2, 0.25) is 0 Å². The number of hydrogen-bond donors (Lipinski definition) is 0. The predicted octanol–water partition coefficient (Wildman–Crippen LogP) is 2.04. The standard InChI is InChI=1S/C12H20O4/c1-8(2)10(13)16-11(4)7-12(5,14-6)15-9(11)3/h9H,1,7H2,2-6H3. The van der Waals surface area contributed by atoms with Crippen molar-refractivity contribution in [2.24, 2.45) is 0 Å². The fourth-order valence-corrected chi connectivity index (χ4v) is 1.86. The summed E-state index contributed by atoms with van der Waals surface area (Å²) in [5.74, 6) is -1.08. The fraction of sp³-hybridized carbons (Fsp3) is 0.750. The van der Waals surface area contributed by atoms with Crippen molar-refractivity contribution in [2.45, 2.75) is 51.6 Å². The van der Waals surface area contributed by atoms with Crippen LogP contribution < -0.4 is 0 Å². The molecule has 0 aromatic rings. The van der Waals surface area contributed by atoms with Crippen molar-refractivity contribution in [1.29, 1.82) is 0 Å². The second kappa shape index (κ2) is 4.18. The molecule has 3 atom stereocenters. The van der Waals surface area contributed by atoms with Crippen molar-refractivity contribution in [3.8, 4) is 0 Å². The minimum Gasteiger partial charge on any atom is -0.453 e. The van der Waals surface area contributed by atoms with E-state index in [9.17, 15) is 4.79 Å². The SMILES string of the molecule is C=C(C)C(=O)OC1(C)CC(C)(OC)OC1C. The van der Waals surface area contributed by atoms with Crippen LogP contribution in [0.25, 0.3) is 0 Å². The van der Waals surface area contributed by atoms with Crippen LogP contribution in [0.4, 0.5) is 0 Å². The average Bonchev–Trinajstić information content (AvgIpc) is 2.38. The van der Waals surface area contributed by atoms with Gasteiger partial charge in [0.15, 0.2) is 5.79 Å². The molecule has 0 aliphatic carbocycles. The van der Waals surface area contributed by atoms with Crippen LogP contribution in [-0.4, -0.2) is 30.6 Å². The summed E-state index contributed by atoms with van der Waals surface area (Å²) in [5, 5.41) is 0. The van der Waals surface area contributed by atoms with Crippen LogP contribution in [0.2, 0.25) is 0 Å². The summed E-state index contributed by atoms with van der Waals surface area (Å²) in [7, 11) is 1.58. The Hall–Kier alpha value is -0.870. The third-order valence-electron chi connectivity index (χ3n) is 3.06. The summed E-state index contributed by atoms with van der Waals surface area (Å²) in [6.07, 6.45) is 0.303. The molecule has 0 aromatic heterocycles. The van der Waals surface area contributed by atoms with Crippen molar-refractivity contribution in [3.63, 3.8) is 0 Å². The molecular weight excluding hydrogens is 208 g/mol. The van der Waals surface area contributed by atoms with Crippen LogP contribution in [-0.2, 0) is 19.0 Å². The van der Waals surface area contributed by atoms with Crippen LogP contribution in [0.3, 0.4) is 0 Å². The number of methoxy groups -OCH3 is 1. The van der Waals surface area contributed by atoms with Crippen LogP contribution in [0, 0.1) is 0 Å². The first-order valence-corrected chi connectivity index (χ1v) is 5.34. The normalized spacial score (nSPS) is 38.4. The summed E-state index contributed by atoms with van der Waals surface area (Å²) < 4.78 is 16.4. The van der Waals surface area contributed by atoms with E-state index in [-0.39, 0.29) is 6.10 Å². The predicted molar refractivity (Wildman–Crippen MR) is 59.9 cm³/mol. The van der Waals surface area contributed by atoms with Gasteiger partial charge in [0.25, 0.3) is 0 Å². The number of ether oxygens (including phenoxy) is 3. The van der Waals surface area contributed by atoms with Crippen molar-refractivity contribution in [2.75, 3.05) is 7.11 Å². The average molecular weight is 228 g/mol. The van der Waals surface area contributed by atoms with Crippen LogP contribution >= 0.6 is 0 Å². The van der Waals surface area contributed by atoms with Crippen molar-refractivity contribution < 1.29 is 19.0 Å². The molecule has 0 bridgehead atoms. The van der Waals surface area contributed by atoms with Crippen molar-refractivity contribution >= 4 is 5.97 Å². The van der Waals surface area contributed by atoms with Crippen LogP contribution in [0.5, 0.6) is 0 Å².